The molecule has 0 atom stereocenters. The van der Waals surface area contributed by atoms with Crippen molar-refractivity contribution in [3.8, 4) is 11.5 Å². The topological polar surface area (TPSA) is 61.7 Å². The minimum Gasteiger partial charge on any atom is -0.504 e. The van der Waals surface area contributed by atoms with E-state index in [1.807, 2.05) is 18.5 Å². The van der Waals surface area contributed by atoms with Crippen LogP contribution < -0.4 is 10.2 Å². The van der Waals surface area contributed by atoms with Crippen LogP contribution in [0.3, 0.4) is 0 Å². The van der Waals surface area contributed by atoms with Crippen molar-refractivity contribution in [3.05, 3.63) is 23.3 Å². The molecule has 1 aromatic carbocycles. The van der Waals surface area contributed by atoms with Gasteiger partial charge in [-0.05, 0) is 18.1 Å². The number of rotatable bonds is 4. The van der Waals surface area contributed by atoms with Crippen LogP contribution in [0.25, 0.3) is 0 Å². The van der Waals surface area contributed by atoms with Crippen LogP contribution >= 0.6 is 0 Å². The highest BCUT2D eigenvalue weighted by atomic mass is 16.5. The van der Waals surface area contributed by atoms with Crippen molar-refractivity contribution in [2.75, 3.05) is 7.11 Å². The lowest BCUT2D eigenvalue weighted by Gasteiger charge is -2.10. The van der Waals surface area contributed by atoms with E-state index >= 15 is 0 Å². The third-order valence-electron chi connectivity index (χ3n) is 2.11. The summed E-state index contributed by atoms with van der Waals surface area (Å²) in [7, 11) is 1.50. The number of phenolic OH excluding ortho intramolecular Hbond substituents is 1. The first-order valence-electron chi connectivity index (χ1n) is 4.48. The summed E-state index contributed by atoms with van der Waals surface area (Å²) in [5.41, 5.74) is 3.70. The Bertz CT molecular complexity index is 312. The molecule has 0 unspecified atom stereocenters. The van der Waals surface area contributed by atoms with Crippen LogP contribution in [0, 0.1) is 0 Å². The second-order valence-corrected chi connectivity index (χ2v) is 2.99. The number of nitrogens with one attached hydrogen (secondary N) is 1. The average molecular weight is 197 g/mol. The lowest BCUT2D eigenvalue weighted by molar-refractivity contribution is 0.160. The van der Waals surface area contributed by atoms with Gasteiger partial charge in [0.05, 0.1) is 7.11 Å². The van der Waals surface area contributed by atoms with Gasteiger partial charge in [0.25, 0.3) is 0 Å². The Balaban J connectivity index is 3.12. The molecule has 0 fully saturated rings. The van der Waals surface area contributed by atoms with Gasteiger partial charge in [0.1, 0.15) is 0 Å². The van der Waals surface area contributed by atoms with Crippen molar-refractivity contribution >= 4 is 0 Å². The van der Waals surface area contributed by atoms with E-state index in [0.717, 1.165) is 12.0 Å². The van der Waals surface area contributed by atoms with Crippen molar-refractivity contribution in [1.82, 2.24) is 5.48 Å². The zero-order valence-electron chi connectivity index (χ0n) is 8.37. The molecule has 14 heavy (non-hydrogen) atoms. The highest BCUT2D eigenvalue weighted by molar-refractivity contribution is 5.48. The number of phenols is 1. The Labute approximate surface area is 83.1 Å². The average Bonchev–Trinajstić information content (AvgIpc) is 2.21. The number of aromatic hydroxyl groups is 1. The highest BCUT2D eigenvalue weighted by Gasteiger charge is 2.09. The van der Waals surface area contributed by atoms with E-state index in [0.29, 0.717) is 11.3 Å². The molecule has 4 nitrogen and oxygen atoms in total. The zero-order chi connectivity index (χ0) is 10.6. The van der Waals surface area contributed by atoms with Crippen LogP contribution in [0.1, 0.15) is 18.1 Å². The number of hydroxylamine groups is 1. The van der Waals surface area contributed by atoms with E-state index < -0.39 is 0 Å². The summed E-state index contributed by atoms with van der Waals surface area (Å²) in [6.45, 7) is 2.22. The van der Waals surface area contributed by atoms with Gasteiger partial charge in [-0.25, -0.2) is 5.48 Å². The summed E-state index contributed by atoms with van der Waals surface area (Å²) in [6, 6.07) is 3.62. The standard InChI is InChI=1S/C10H15NO3/c1-3-7-4-8(6-11-13)10(12)9(5-7)14-2/h4-5,11-13H,3,6H2,1-2H3. The maximum Gasteiger partial charge on any atom is 0.162 e. The Kier molecular flexibility index (Phi) is 3.73. The first-order chi connectivity index (χ1) is 6.72. The first kappa shape index (κ1) is 10.8. The molecular formula is C10H15NO3. The first-order valence-corrected chi connectivity index (χ1v) is 4.48. The summed E-state index contributed by atoms with van der Waals surface area (Å²) in [4.78, 5) is 0. The van der Waals surface area contributed by atoms with Gasteiger partial charge < -0.3 is 15.1 Å². The Hall–Kier alpha value is -1.26. The molecule has 0 aliphatic heterocycles. The van der Waals surface area contributed by atoms with Crippen LogP contribution in [-0.2, 0) is 13.0 Å². The molecule has 0 amide bonds. The van der Waals surface area contributed by atoms with Crippen molar-refractivity contribution in [1.29, 1.82) is 0 Å². The van der Waals surface area contributed by atoms with Crippen molar-refractivity contribution < 1.29 is 15.1 Å². The van der Waals surface area contributed by atoms with Crippen LogP contribution in [-0.4, -0.2) is 17.4 Å². The molecule has 3 N–H and O–H groups in total. The van der Waals surface area contributed by atoms with Gasteiger partial charge in [0.15, 0.2) is 11.5 Å². The second kappa shape index (κ2) is 4.83. The fourth-order valence-electron chi connectivity index (χ4n) is 1.31. The monoisotopic (exact) mass is 197 g/mol. The van der Waals surface area contributed by atoms with Gasteiger partial charge in [-0.1, -0.05) is 13.0 Å². The molecule has 0 spiro atoms. The molecule has 4 heteroatoms. The highest BCUT2D eigenvalue weighted by Crippen LogP contribution is 2.31. The van der Waals surface area contributed by atoms with Gasteiger partial charge in [-0.2, -0.15) is 0 Å². The van der Waals surface area contributed by atoms with Gasteiger partial charge in [0.2, 0.25) is 0 Å². The van der Waals surface area contributed by atoms with Crippen LogP contribution in [0.2, 0.25) is 0 Å². The number of hydrogen-bond acceptors (Lipinski definition) is 4. The van der Waals surface area contributed by atoms with E-state index in [1.54, 1.807) is 6.07 Å². The maximum atomic E-state index is 9.66. The summed E-state index contributed by atoms with van der Waals surface area (Å²) in [5.74, 6) is 0.515. The van der Waals surface area contributed by atoms with Crippen molar-refractivity contribution in [2.45, 2.75) is 19.9 Å². The molecule has 0 saturated heterocycles. The normalized spacial score (nSPS) is 10.2. The second-order valence-electron chi connectivity index (χ2n) is 2.99. The summed E-state index contributed by atoms with van der Waals surface area (Å²) < 4.78 is 5.02. The lowest BCUT2D eigenvalue weighted by atomic mass is 10.1. The molecule has 0 bridgehead atoms. The number of benzene rings is 1. The molecule has 0 saturated carbocycles. The van der Waals surface area contributed by atoms with E-state index in [1.165, 1.54) is 7.11 Å². The zero-order valence-corrected chi connectivity index (χ0v) is 8.37. The minimum absolute atomic E-state index is 0.0752. The summed E-state index contributed by atoms with van der Waals surface area (Å²) in [6.07, 6.45) is 0.856. The number of aryl methyl sites for hydroxylation is 1. The molecule has 78 valence electrons. The van der Waals surface area contributed by atoms with Gasteiger partial charge in [-0.3, -0.25) is 0 Å². The molecular weight excluding hydrogens is 182 g/mol. The molecule has 0 aromatic heterocycles. The molecule has 0 aliphatic carbocycles. The molecule has 1 aromatic rings. The Morgan fingerprint density at radius 3 is 2.64 bits per heavy atom. The Morgan fingerprint density at radius 2 is 2.14 bits per heavy atom. The number of hydrogen-bond donors (Lipinski definition) is 3. The van der Waals surface area contributed by atoms with Crippen molar-refractivity contribution in [3.63, 3.8) is 0 Å². The van der Waals surface area contributed by atoms with Gasteiger partial charge in [-0.15, -0.1) is 0 Å². The third-order valence-corrected chi connectivity index (χ3v) is 2.11. The predicted molar refractivity (Wildman–Crippen MR) is 52.7 cm³/mol. The number of methoxy groups -OCH3 is 1. The molecule has 1 rings (SSSR count). The van der Waals surface area contributed by atoms with Gasteiger partial charge in [0, 0.05) is 12.1 Å². The third kappa shape index (κ3) is 2.16. The maximum absolute atomic E-state index is 9.66. The fraction of sp³-hybridized carbons (Fsp3) is 0.400. The van der Waals surface area contributed by atoms with Crippen LogP contribution in [0.4, 0.5) is 0 Å². The Morgan fingerprint density at radius 1 is 1.43 bits per heavy atom. The summed E-state index contributed by atoms with van der Waals surface area (Å²) in [5, 5.41) is 18.2. The van der Waals surface area contributed by atoms with Crippen molar-refractivity contribution in [2.24, 2.45) is 0 Å². The molecule has 0 heterocycles. The van der Waals surface area contributed by atoms with E-state index in [9.17, 15) is 5.11 Å². The van der Waals surface area contributed by atoms with Crippen LogP contribution in [0.5, 0.6) is 11.5 Å². The van der Waals surface area contributed by atoms with Gasteiger partial charge >= 0.3 is 0 Å². The summed E-state index contributed by atoms with van der Waals surface area (Å²) >= 11 is 0. The van der Waals surface area contributed by atoms with E-state index in [4.69, 9.17) is 9.94 Å². The minimum atomic E-state index is 0.0752. The SMILES string of the molecule is CCc1cc(CNO)c(O)c(OC)c1. The molecule has 0 aliphatic rings. The lowest BCUT2D eigenvalue weighted by Crippen LogP contribution is -2.07. The fourth-order valence-corrected chi connectivity index (χ4v) is 1.31. The quantitative estimate of drug-likeness (QED) is 0.639. The number of ether oxygens (including phenoxy) is 1. The van der Waals surface area contributed by atoms with E-state index in [-0.39, 0.29) is 12.3 Å². The van der Waals surface area contributed by atoms with E-state index in [2.05, 4.69) is 0 Å². The predicted octanol–water partition coefficient (Wildman–Crippen LogP) is 1.44. The smallest absolute Gasteiger partial charge is 0.162 e. The molecule has 0 radical (unpaired) electrons. The van der Waals surface area contributed by atoms with Crippen LogP contribution in [0.15, 0.2) is 12.1 Å². The largest absolute Gasteiger partial charge is 0.504 e.